The highest BCUT2D eigenvalue weighted by molar-refractivity contribution is 5.94. The fourth-order valence-corrected chi connectivity index (χ4v) is 1.77. The van der Waals surface area contributed by atoms with Gasteiger partial charge in [0.25, 0.3) is 0 Å². The van der Waals surface area contributed by atoms with Crippen LogP contribution in [-0.4, -0.2) is 15.6 Å². The van der Waals surface area contributed by atoms with Crippen molar-refractivity contribution in [3.05, 3.63) is 49.6 Å². The van der Waals surface area contributed by atoms with Crippen molar-refractivity contribution in [2.75, 3.05) is 5.43 Å². The van der Waals surface area contributed by atoms with Crippen LogP contribution in [-0.2, 0) is 6.18 Å². The molecule has 1 rings (SSSR count). The van der Waals surface area contributed by atoms with E-state index in [0.29, 0.717) is 5.71 Å². The molecule has 130 valence electrons. The van der Waals surface area contributed by atoms with E-state index < -0.39 is 38.6 Å². The van der Waals surface area contributed by atoms with E-state index in [9.17, 15) is 33.4 Å². The zero-order valence-electron chi connectivity index (χ0n) is 12.8. The van der Waals surface area contributed by atoms with Crippen LogP contribution in [0.4, 0.5) is 30.2 Å². The van der Waals surface area contributed by atoms with Crippen LogP contribution < -0.4 is 5.43 Å². The lowest BCUT2D eigenvalue weighted by Crippen LogP contribution is -2.09. The van der Waals surface area contributed by atoms with Crippen molar-refractivity contribution in [1.29, 1.82) is 0 Å². The monoisotopic (exact) mass is 346 g/mol. The molecule has 0 aliphatic heterocycles. The molecule has 1 N–H and O–H groups in total. The van der Waals surface area contributed by atoms with E-state index in [1.165, 1.54) is 6.92 Å². The van der Waals surface area contributed by atoms with E-state index in [0.717, 1.165) is 5.57 Å². The van der Waals surface area contributed by atoms with Crippen LogP contribution >= 0.6 is 0 Å². The Bertz CT molecular complexity index is 702. The molecule has 0 heterocycles. The normalized spacial score (nSPS) is 11.8. The number of allylic oxidation sites excluding steroid dienone is 2. The van der Waals surface area contributed by atoms with Crippen LogP contribution in [0.2, 0.25) is 0 Å². The van der Waals surface area contributed by atoms with Crippen molar-refractivity contribution in [2.24, 2.45) is 5.10 Å². The molecule has 0 atom stereocenters. The summed E-state index contributed by atoms with van der Waals surface area (Å²) in [7, 11) is 0. The van der Waals surface area contributed by atoms with E-state index in [1.54, 1.807) is 19.9 Å². The molecule has 8 nitrogen and oxygen atoms in total. The molecule has 0 fully saturated rings. The minimum atomic E-state index is -4.96. The number of rotatable bonds is 5. The Morgan fingerprint density at radius 3 is 1.92 bits per heavy atom. The van der Waals surface area contributed by atoms with Gasteiger partial charge in [-0.1, -0.05) is 5.57 Å². The number of nitro benzene ring substituents is 2. The molecule has 0 bridgehead atoms. The summed E-state index contributed by atoms with van der Waals surface area (Å²) >= 11 is 0. The van der Waals surface area contributed by atoms with Crippen LogP contribution in [0, 0.1) is 20.2 Å². The minimum absolute atomic E-state index is 0.223. The predicted molar refractivity (Wildman–Crippen MR) is 80.9 cm³/mol. The first-order chi connectivity index (χ1) is 10.9. The van der Waals surface area contributed by atoms with Crippen LogP contribution in [0.25, 0.3) is 0 Å². The highest BCUT2D eigenvalue weighted by atomic mass is 19.4. The standard InChI is InChI=1S/C13H13F3N4O4/c1-7(2)4-8(3)17-18-12-10(19(21)22)5-9(13(14,15)16)6-11(12)20(23)24/h4-6,18H,1-3H3/b17-8-. The number of nitrogens with zero attached hydrogens (tertiary/aromatic N) is 3. The van der Waals surface area contributed by atoms with Gasteiger partial charge in [-0.05, 0) is 26.8 Å². The molecule has 0 aliphatic carbocycles. The van der Waals surface area contributed by atoms with Gasteiger partial charge in [0.1, 0.15) is 0 Å². The Hall–Kier alpha value is -2.98. The number of benzene rings is 1. The molecule has 1 aromatic rings. The lowest BCUT2D eigenvalue weighted by molar-refractivity contribution is -0.392. The Balaban J connectivity index is 3.54. The SMILES string of the molecule is CC(C)=C/C(C)=N\Nc1c([N+](=O)[O-])cc(C(F)(F)F)cc1[N+](=O)[O-]. The number of nitro groups is 2. The van der Waals surface area contributed by atoms with Crippen molar-refractivity contribution < 1.29 is 23.0 Å². The average Bonchev–Trinajstić information content (AvgIpc) is 2.42. The molecule has 1 aromatic carbocycles. The maximum atomic E-state index is 12.8. The molecular formula is C13H13F3N4O4. The predicted octanol–water partition coefficient (Wildman–Crippen LogP) is 4.28. The number of nitrogens with one attached hydrogen (secondary N) is 1. The molecule has 24 heavy (non-hydrogen) atoms. The van der Waals surface area contributed by atoms with Crippen LogP contribution in [0.1, 0.15) is 26.3 Å². The van der Waals surface area contributed by atoms with E-state index >= 15 is 0 Å². The van der Waals surface area contributed by atoms with Crippen molar-refractivity contribution in [2.45, 2.75) is 26.9 Å². The molecule has 0 saturated heterocycles. The molecule has 0 aromatic heterocycles. The number of anilines is 1. The van der Waals surface area contributed by atoms with Crippen LogP contribution in [0.15, 0.2) is 28.9 Å². The summed E-state index contributed by atoms with van der Waals surface area (Å²) < 4.78 is 38.3. The Morgan fingerprint density at radius 2 is 1.58 bits per heavy atom. The average molecular weight is 346 g/mol. The van der Waals surface area contributed by atoms with Crippen molar-refractivity contribution in [3.63, 3.8) is 0 Å². The third kappa shape index (κ3) is 4.76. The summed E-state index contributed by atoms with van der Waals surface area (Å²) in [5.74, 6) is 0. The van der Waals surface area contributed by atoms with Gasteiger partial charge in [-0.25, -0.2) is 0 Å². The zero-order valence-corrected chi connectivity index (χ0v) is 12.8. The summed E-state index contributed by atoms with van der Waals surface area (Å²) in [6, 6.07) is 0.447. The molecule has 0 radical (unpaired) electrons. The quantitative estimate of drug-likeness (QED) is 0.486. The van der Waals surface area contributed by atoms with Crippen molar-refractivity contribution in [1.82, 2.24) is 0 Å². The van der Waals surface area contributed by atoms with Gasteiger partial charge in [0.05, 0.1) is 21.1 Å². The molecule has 0 spiro atoms. The van der Waals surface area contributed by atoms with E-state index in [4.69, 9.17) is 0 Å². The molecule has 11 heteroatoms. The van der Waals surface area contributed by atoms with Crippen molar-refractivity contribution in [3.8, 4) is 0 Å². The summed E-state index contributed by atoms with van der Waals surface area (Å²) in [5.41, 5.74) is -1.10. The fourth-order valence-electron chi connectivity index (χ4n) is 1.77. The second-order valence-electron chi connectivity index (χ2n) is 4.99. The highest BCUT2D eigenvalue weighted by Gasteiger charge is 2.37. The summed E-state index contributed by atoms with van der Waals surface area (Å²) in [6.07, 6.45) is -3.38. The fraction of sp³-hybridized carbons (Fsp3) is 0.308. The van der Waals surface area contributed by atoms with Gasteiger partial charge in [-0.15, -0.1) is 0 Å². The Kier molecular flexibility index (Phi) is 5.61. The van der Waals surface area contributed by atoms with E-state index in [2.05, 4.69) is 10.5 Å². The molecule has 0 unspecified atom stereocenters. The van der Waals surface area contributed by atoms with Gasteiger partial charge in [0.2, 0.25) is 5.69 Å². The highest BCUT2D eigenvalue weighted by Crippen LogP contribution is 2.41. The smallest absolute Gasteiger partial charge is 0.266 e. The summed E-state index contributed by atoms with van der Waals surface area (Å²) in [6.45, 7) is 5.02. The maximum Gasteiger partial charge on any atom is 0.416 e. The second-order valence-corrected chi connectivity index (χ2v) is 4.99. The minimum Gasteiger partial charge on any atom is -0.266 e. The Labute approximate surface area is 134 Å². The second kappa shape index (κ2) is 7.06. The largest absolute Gasteiger partial charge is 0.416 e. The molecular weight excluding hydrogens is 333 g/mol. The lowest BCUT2D eigenvalue weighted by atomic mass is 10.1. The van der Waals surface area contributed by atoms with Crippen molar-refractivity contribution >= 4 is 22.8 Å². The van der Waals surface area contributed by atoms with Gasteiger partial charge in [-0.2, -0.15) is 18.3 Å². The number of hydrazone groups is 1. The number of hydrogen-bond donors (Lipinski definition) is 1. The van der Waals surface area contributed by atoms with Crippen LogP contribution in [0.5, 0.6) is 0 Å². The third-order valence-corrected chi connectivity index (χ3v) is 2.66. The first-order valence-corrected chi connectivity index (χ1v) is 6.42. The zero-order chi connectivity index (χ0) is 18.7. The molecule has 0 aliphatic rings. The van der Waals surface area contributed by atoms with Gasteiger partial charge >= 0.3 is 17.6 Å². The van der Waals surface area contributed by atoms with Gasteiger partial charge in [0, 0.05) is 12.1 Å². The first-order valence-electron chi connectivity index (χ1n) is 6.42. The van der Waals surface area contributed by atoms with Gasteiger partial charge in [-0.3, -0.25) is 25.7 Å². The van der Waals surface area contributed by atoms with Gasteiger partial charge < -0.3 is 0 Å². The van der Waals surface area contributed by atoms with E-state index in [-0.39, 0.29) is 12.1 Å². The molecule has 0 amide bonds. The maximum absolute atomic E-state index is 12.8. The number of hydrogen-bond acceptors (Lipinski definition) is 6. The molecule has 0 saturated carbocycles. The van der Waals surface area contributed by atoms with E-state index in [1.807, 2.05) is 0 Å². The first kappa shape index (κ1) is 19.1. The van der Waals surface area contributed by atoms with Crippen LogP contribution in [0.3, 0.4) is 0 Å². The summed E-state index contributed by atoms with van der Waals surface area (Å²) in [5, 5.41) is 25.7. The Morgan fingerprint density at radius 1 is 1.12 bits per heavy atom. The summed E-state index contributed by atoms with van der Waals surface area (Å²) in [4.78, 5) is 19.7. The van der Waals surface area contributed by atoms with Gasteiger partial charge in [0.15, 0.2) is 0 Å². The number of alkyl halides is 3. The third-order valence-electron chi connectivity index (χ3n) is 2.66. The number of halogens is 3. The lowest BCUT2D eigenvalue weighted by Gasteiger charge is -2.09. The topological polar surface area (TPSA) is 111 Å².